The molecule has 0 aromatic heterocycles. The minimum Gasteiger partial charge on any atom is -0.478 e. The molecule has 1 aromatic rings. The van der Waals surface area contributed by atoms with E-state index < -0.39 is 17.8 Å². The lowest BCUT2D eigenvalue weighted by atomic mass is 10.1. The fourth-order valence-electron chi connectivity index (χ4n) is 2.60. The molecule has 1 saturated carbocycles. The second kappa shape index (κ2) is 8.81. The van der Waals surface area contributed by atoms with Gasteiger partial charge in [-0.15, -0.1) is 0 Å². The zero-order valence-corrected chi connectivity index (χ0v) is 13.3. The molecular formula is C17H21N3O4. The number of hydrazone groups is 1. The number of carbonyl (C=O) groups excluding carboxylic acids is 2. The molecule has 0 aliphatic heterocycles. The molecule has 1 aliphatic rings. The van der Waals surface area contributed by atoms with Crippen LogP contribution in [-0.2, 0) is 9.59 Å². The monoisotopic (exact) mass is 331 g/mol. The number of carboxylic acids is 1. The van der Waals surface area contributed by atoms with Crippen LogP contribution in [0, 0.1) is 0 Å². The molecule has 24 heavy (non-hydrogen) atoms. The summed E-state index contributed by atoms with van der Waals surface area (Å²) in [7, 11) is 0. The molecule has 7 heteroatoms. The first-order valence-electron chi connectivity index (χ1n) is 8.03. The fourth-order valence-corrected chi connectivity index (χ4v) is 2.60. The van der Waals surface area contributed by atoms with Gasteiger partial charge in [0.05, 0.1) is 11.8 Å². The molecule has 1 aliphatic carbocycles. The third-order valence-corrected chi connectivity index (χ3v) is 3.93. The maximum atomic E-state index is 11.8. The number of hydrogen-bond acceptors (Lipinski definition) is 4. The van der Waals surface area contributed by atoms with Crippen LogP contribution in [0.25, 0.3) is 0 Å². The first-order chi connectivity index (χ1) is 11.6. The third kappa shape index (κ3) is 5.49. The predicted octanol–water partition coefficient (Wildman–Crippen LogP) is 1.67. The molecule has 0 unspecified atom stereocenters. The van der Waals surface area contributed by atoms with E-state index in [0.29, 0.717) is 5.56 Å². The summed E-state index contributed by atoms with van der Waals surface area (Å²) >= 11 is 0. The van der Waals surface area contributed by atoms with E-state index in [0.717, 1.165) is 25.7 Å². The van der Waals surface area contributed by atoms with Gasteiger partial charge in [0.1, 0.15) is 0 Å². The van der Waals surface area contributed by atoms with Gasteiger partial charge in [-0.1, -0.05) is 37.8 Å². The Labute approximate surface area is 140 Å². The minimum absolute atomic E-state index is 0.0540. The summed E-state index contributed by atoms with van der Waals surface area (Å²) in [5.41, 5.74) is 2.96. The van der Waals surface area contributed by atoms with Crippen molar-refractivity contribution in [3.8, 4) is 0 Å². The van der Waals surface area contributed by atoms with E-state index in [4.69, 9.17) is 5.11 Å². The van der Waals surface area contributed by atoms with Crippen molar-refractivity contribution < 1.29 is 19.5 Å². The SMILES string of the molecule is O=C(N/N=C\c1ccc(C(=O)O)cc1)C(=O)NC1CCCCCC1. The van der Waals surface area contributed by atoms with Crippen LogP contribution in [-0.4, -0.2) is 35.1 Å². The minimum atomic E-state index is -1.01. The average molecular weight is 331 g/mol. The highest BCUT2D eigenvalue weighted by molar-refractivity contribution is 6.35. The lowest BCUT2D eigenvalue weighted by Crippen LogP contribution is -2.43. The van der Waals surface area contributed by atoms with Crippen molar-refractivity contribution in [2.24, 2.45) is 5.10 Å². The number of benzene rings is 1. The molecule has 1 aromatic carbocycles. The van der Waals surface area contributed by atoms with Crippen LogP contribution >= 0.6 is 0 Å². The Morgan fingerprint density at radius 2 is 1.62 bits per heavy atom. The van der Waals surface area contributed by atoms with Gasteiger partial charge in [0.25, 0.3) is 0 Å². The lowest BCUT2D eigenvalue weighted by molar-refractivity contribution is -0.139. The van der Waals surface area contributed by atoms with Crippen molar-refractivity contribution in [2.45, 2.75) is 44.6 Å². The maximum absolute atomic E-state index is 11.8. The van der Waals surface area contributed by atoms with Crippen molar-refractivity contribution in [3.05, 3.63) is 35.4 Å². The molecule has 2 rings (SSSR count). The molecule has 3 N–H and O–H groups in total. The van der Waals surface area contributed by atoms with Gasteiger partial charge >= 0.3 is 17.8 Å². The highest BCUT2D eigenvalue weighted by Gasteiger charge is 2.19. The summed E-state index contributed by atoms with van der Waals surface area (Å²) in [6.07, 6.45) is 7.63. The van der Waals surface area contributed by atoms with E-state index in [1.165, 1.54) is 31.2 Å². The molecule has 1 fully saturated rings. The predicted molar refractivity (Wildman–Crippen MR) is 88.8 cm³/mol. The summed E-state index contributed by atoms with van der Waals surface area (Å²) in [5.74, 6) is -2.50. The molecule has 128 valence electrons. The van der Waals surface area contributed by atoms with Gasteiger partial charge in [-0.05, 0) is 30.5 Å². The van der Waals surface area contributed by atoms with Gasteiger partial charge in [-0.25, -0.2) is 10.2 Å². The highest BCUT2D eigenvalue weighted by atomic mass is 16.4. The summed E-state index contributed by atoms with van der Waals surface area (Å²) in [4.78, 5) is 34.3. The van der Waals surface area contributed by atoms with Gasteiger partial charge < -0.3 is 10.4 Å². The zero-order chi connectivity index (χ0) is 17.4. The van der Waals surface area contributed by atoms with E-state index in [-0.39, 0.29) is 11.6 Å². The largest absolute Gasteiger partial charge is 0.478 e. The maximum Gasteiger partial charge on any atom is 0.335 e. The Bertz CT molecular complexity index is 617. The number of hydrogen-bond donors (Lipinski definition) is 3. The number of aromatic carboxylic acids is 1. The van der Waals surface area contributed by atoms with Crippen molar-refractivity contribution in [1.82, 2.24) is 10.7 Å². The molecule has 0 radical (unpaired) electrons. The molecule has 0 atom stereocenters. The van der Waals surface area contributed by atoms with Crippen LogP contribution in [0.15, 0.2) is 29.4 Å². The van der Waals surface area contributed by atoms with E-state index in [9.17, 15) is 14.4 Å². The molecule has 0 spiro atoms. The fraction of sp³-hybridized carbons (Fsp3) is 0.412. The number of nitrogens with one attached hydrogen (secondary N) is 2. The molecule has 0 saturated heterocycles. The smallest absolute Gasteiger partial charge is 0.335 e. The van der Waals surface area contributed by atoms with Crippen molar-refractivity contribution in [2.75, 3.05) is 0 Å². The Balaban J connectivity index is 1.80. The number of carbonyl (C=O) groups is 3. The van der Waals surface area contributed by atoms with Crippen LogP contribution in [0.3, 0.4) is 0 Å². The van der Waals surface area contributed by atoms with Crippen LogP contribution in [0.1, 0.15) is 54.4 Å². The van der Waals surface area contributed by atoms with Crippen LogP contribution in [0.5, 0.6) is 0 Å². The average Bonchev–Trinajstić information content (AvgIpc) is 2.83. The molecule has 7 nitrogen and oxygen atoms in total. The Morgan fingerprint density at radius 3 is 2.21 bits per heavy atom. The highest BCUT2D eigenvalue weighted by Crippen LogP contribution is 2.16. The number of nitrogens with zero attached hydrogens (tertiary/aromatic N) is 1. The van der Waals surface area contributed by atoms with Crippen LogP contribution in [0.4, 0.5) is 0 Å². The first kappa shape index (κ1) is 17.7. The summed E-state index contributed by atoms with van der Waals surface area (Å²) < 4.78 is 0. The van der Waals surface area contributed by atoms with Crippen molar-refractivity contribution in [3.63, 3.8) is 0 Å². The van der Waals surface area contributed by atoms with Crippen LogP contribution < -0.4 is 10.7 Å². The van der Waals surface area contributed by atoms with Gasteiger partial charge in [0.2, 0.25) is 0 Å². The zero-order valence-electron chi connectivity index (χ0n) is 13.3. The normalized spacial score (nSPS) is 15.7. The van der Waals surface area contributed by atoms with Crippen molar-refractivity contribution >= 4 is 24.0 Å². The molecule has 0 bridgehead atoms. The molecular weight excluding hydrogens is 310 g/mol. The van der Waals surface area contributed by atoms with E-state index in [2.05, 4.69) is 15.8 Å². The summed E-state index contributed by atoms with van der Waals surface area (Å²) in [6, 6.07) is 6.04. The third-order valence-electron chi connectivity index (χ3n) is 3.93. The quantitative estimate of drug-likeness (QED) is 0.337. The second-order valence-corrected chi connectivity index (χ2v) is 5.79. The first-order valence-corrected chi connectivity index (χ1v) is 8.03. The lowest BCUT2D eigenvalue weighted by Gasteiger charge is -2.14. The summed E-state index contributed by atoms with van der Waals surface area (Å²) in [6.45, 7) is 0. The van der Waals surface area contributed by atoms with E-state index in [1.54, 1.807) is 12.1 Å². The van der Waals surface area contributed by atoms with Gasteiger partial charge in [-0.3, -0.25) is 9.59 Å². The van der Waals surface area contributed by atoms with Gasteiger partial charge in [0.15, 0.2) is 0 Å². The Kier molecular flexibility index (Phi) is 6.48. The van der Waals surface area contributed by atoms with Crippen molar-refractivity contribution in [1.29, 1.82) is 0 Å². The number of rotatable bonds is 4. The number of amides is 2. The second-order valence-electron chi connectivity index (χ2n) is 5.79. The number of carboxylic acid groups (broad SMARTS) is 1. The Hall–Kier alpha value is -2.70. The molecule has 2 amide bonds. The van der Waals surface area contributed by atoms with Gasteiger partial charge in [0, 0.05) is 6.04 Å². The standard InChI is InChI=1S/C17H21N3O4/c21-15(19-14-5-3-1-2-4-6-14)16(22)20-18-11-12-7-9-13(10-8-12)17(23)24/h7-11,14H,1-6H2,(H,19,21)(H,20,22)(H,23,24)/b18-11-. The molecule has 0 heterocycles. The summed E-state index contributed by atoms with van der Waals surface area (Å²) in [5, 5.41) is 15.3. The van der Waals surface area contributed by atoms with Crippen LogP contribution in [0.2, 0.25) is 0 Å². The van der Waals surface area contributed by atoms with E-state index >= 15 is 0 Å². The Morgan fingerprint density at radius 1 is 1.00 bits per heavy atom. The van der Waals surface area contributed by atoms with E-state index in [1.807, 2.05) is 0 Å². The topological polar surface area (TPSA) is 108 Å². The van der Waals surface area contributed by atoms with Gasteiger partial charge in [-0.2, -0.15) is 5.10 Å².